The summed E-state index contributed by atoms with van der Waals surface area (Å²) in [5.41, 5.74) is 0.980. The Morgan fingerprint density at radius 2 is 1.43 bits per heavy atom. The molecule has 30 heavy (non-hydrogen) atoms. The highest BCUT2D eigenvalue weighted by atomic mass is 32.2. The van der Waals surface area contributed by atoms with Crippen molar-refractivity contribution < 1.29 is 18.0 Å². The van der Waals surface area contributed by atoms with Gasteiger partial charge in [-0.05, 0) is 57.0 Å². The maximum Gasteiger partial charge on any atom is 0.243 e. The number of fused-ring (bicyclic) bond motifs is 1. The molecule has 3 heterocycles. The zero-order valence-corrected chi connectivity index (χ0v) is 18.5. The van der Waals surface area contributed by atoms with Gasteiger partial charge in [0, 0.05) is 33.2 Å². The first-order chi connectivity index (χ1) is 14.3. The molecule has 2 saturated heterocycles. The third-order valence-electron chi connectivity index (χ3n) is 6.69. The Kier molecular flexibility index (Phi) is 5.87. The lowest BCUT2D eigenvalue weighted by molar-refractivity contribution is -0.125. The molecule has 1 aromatic carbocycles. The molecule has 2 amide bonds. The molecule has 0 unspecified atom stereocenters. The van der Waals surface area contributed by atoms with Gasteiger partial charge < -0.3 is 14.7 Å². The summed E-state index contributed by atoms with van der Waals surface area (Å²) in [5.74, 6) is -0.650. The van der Waals surface area contributed by atoms with E-state index in [1.54, 1.807) is 24.5 Å². The van der Waals surface area contributed by atoms with E-state index in [0.717, 1.165) is 25.9 Å². The highest BCUT2D eigenvalue weighted by Gasteiger charge is 2.34. The molecule has 8 nitrogen and oxygen atoms in total. The largest absolute Gasteiger partial charge is 0.313 e. The maximum absolute atomic E-state index is 13.3. The second-order valence-corrected chi connectivity index (χ2v) is 10.4. The summed E-state index contributed by atoms with van der Waals surface area (Å²) in [6.45, 7) is 3.26. The Bertz CT molecular complexity index is 934. The van der Waals surface area contributed by atoms with Crippen molar-refractivity contribution in [1.29, 1.82) is 0 Å². The highest BCUT2D eigenvalue weighted by Crippen LogP contribution is 2.35. The van der Waals surface area contributed by atoms with Crippen LogP contribution in [0.2, 0.25) is 0 Å². The monoisotopic (exact) mass is 434 g/mol. The van der Waals surface area contributed by atoms with Gasteiger partial charge in [-0.25, -0.2) is 8.42 Å². The van der Waals surface area contributed by atoms with Crippen molar-refractivity contribution >= 4 is 33.2 Å². The molecule has 2 fully saturated rings. The first-order valence-corrected chi connectivity index (χ1v) is 12.1. The minimum Gasteiger partial charge on any atom is -0.313 e. The fourth-order valence-electron chi connectivity index (χ4n) is 4.73. The van der Waals surface area contributed by atoms with E-state index in [-0.39, 0.29) is 23.1 Å². The van der Waals surface area contributed by atoms with E-state index in [1.807, 2.05) is 0 Å². The second-order valence-electron chi connectivity index (χ2n) is 8.46. The third-order valence-corrected chi connectivity index (χ3v) is 8.58. The van der Waals surface area contributed by atoms with Gasteiger partial charge in [-0.15, -0.1) is 0 Å². The van der Waals surface area contributed by atoms with Crippen molar-refractivity contribution in [3.05, 3.63) is 18.2 Å². The Morgan fingerprint density at radius 1 is 0.833 bits per heavy atom. The number of hydrogen-bond acceptors (Lipinski definition) is 5. The fourth-order valence-corrected chi connectivity index (χ4v) is 6.22. The van der Waals surface area contributed by atoms with Crippen LogP contribution in [0.5, 0.6) is 0 Å². The summed E-state index contributed by atoms with van der Waals surface area (Å²) in [5, 5.41) is 0. The maximum atomic E-state index is 13.3. The van der Waals surface area contributed by atoms with Crippen molar-refractivity contribution in [2.45, 2.75) is 49.5 Å². The van der Waals surface area contributed by atoms with Crippen LogP contribution in [0.15, 0.2) is 23.1 Å². The topological polar surface area (TPSA) is 81.2 Å². The number of nitrogens with zero attached hydrogens (tertiary/aromatic N) is 4. The molecule has 0 saturated carbocycles. The molecule has 0 spiro atoms. The summed E-state index contributed by atoms with van der Waals surface area (Å²) in [4.78, 5) is 29.9. The molecule has 0 aliphatic carbocycles. The zero-order valence-electron chi connectivity index (χ0n) is 17.7. The van der Waals surface area contributed by atoms with Gasteiger partial charge in [-0.1, -0.05) is 6.42 Å². The number of sulfonamides is 1. The molecule has 0 bridgehead atoms. The lowest BCUT2D eigenvalue weighted by Crippen LogP contribution is -2.48. The van der Waals surface area contributed by atoms with E-state index >= 15 is 0 Å². The van der Waals surface area contributed by atoms with Gasteiger partial charge in [-0.3, -0.25) is 9.59 Å². The molecule has 0 aromatic heterocycles. The molecular weight excluding hydrogens is 404 g/mol. The Labute approximate surface area is 178 Å². The van der Waals surface area contributed by atoms with Crippen LogP contribution in [0, 0.1) is 0 Å². The Hall–Kier alpha value is -1.97. The van der Waals surface area contributed by atoms with Crippen LogP contribution in [-0.2, 0) is 19.6 Å². The molecule has 164 valence electrons. The molecule has 1 aromatic rings. The zero-order chi connectivity index (χ0) is 21.5. The van der Waals surface area contributed by atoms with Crippen LogP contribution in [0.25, 0.3) is 0 Å². The van der Waals surface area contributed by atoms with Crippen LogP contribution in [0.1, 0.15) is 38.5 Å². The molecule has 0 radical (unpaired) electrons. The van der Waals surface area contributed by atoms with Crippen LogP contribution in [-0.4, -0.2) is 75.8 Å². The fraction of sp³-hybridized carbons (Fsp3) is 0.619. The van der Waals surface area contributed by atoms with Crippen molar-refractivity contribution in [1.82, 2.24) is 9.21 Å². The van der Waals surface area contributed by atoms with Crippen molar-refractivity contribution in [3.63, 3.8) is 0 Å². The van der Waals surface area contributed by atoms with Gasteiger partial charge in [-0.2, -0.15) is 4.31 Å². The Morgan fingerprint density at radius 3 is 2.07 bits per heavy atom. The number of anilines is 2. The van der Waals surface area contributed by atoms with E-state index in [9.17, 15) is 18.0 Å². The third kappa shape index (κ3) is 3.86. The van der Waals surface area contributed by atoms with Gasteiger partial charge in [0.15, 0.2) is 0 Å². The standard InChI is InChI=1S/C21H30N4O4S/c1-22-18-7-6-17(14-19(18)23(2)21(27)15-20(22)26)30(28,29)25-12-8-16(9-13-25)24-10-4-3-5-11-24/h6-7,14,16H,3-5,8-13,15H2,1-2H3. The lowest BCUT2D eigenvalue weighted by Gasteiger charge is -2.39. The number of carbonyl (C=O) groups is 2. The van der Waals surface area contributed by atoms with Crippen molar-refractivity contribution in [3.8, 4) is 0 Å². The SMILES string of the molecule is CN1C(=O)CC(=O)N(C)c2cc(S(=O)(=O)N3CCC(N4CCCCC4)CC3)ccc21. The molecule has 0 atom stereocenters. The summed E-state index contributed by atoms with van der Waals surface area (Å²) in [6.07, 6.45) is 5.22. The molecule has 4 rings (SSSR count). The molecule has 3 aliphatic rings. The van der Waals surface area contributed by atoms with Crippen LogP contribution >= 0.6 is 0 Å². The molecule has 9 heteroatoms. The van der Waals surface area contributed by atoms with Crippen LogP contribution in [0.3, 0.4) is 0 Å². The lowest BCUT2D eigenvalue weighted by atomic mass is 10.0. The van der Waals surface area contributed by atoms with E-state index < -0.39 is 10.0 Å². The predicted molar refractivity (Wildman–Crippen MR) is 115 cm³/mol. The second kappa shape index (κ2) is 8.28. The quantitative estimate of drug-likeness (QED) is 0.676. The summed E-state index contributed by atoms with van der Waals surface area (Å²) in [7, 11) is -0.478. The molecule has 3 aliphatic heterocycles. The minimum absolute atomic E-state index is 0.167. The molecule has 0 N–H and O–H groups in total. The van der Waals surface area contributed by atoms with E-state index in [0.29, 0.717) is 30.5 Å². The van der Waals surface area contributed by atoms with E-state index in [1.165, 1.54) is 41.2 Å². The van der Waals surface area contributed by atoms with Crippen molar-refractivity contribution in [2.24, 2.45) is 0 Å². The van der Waals surface area contributed by atoms with E-state index in [4.69, 9.17) is 0 Å². The average molecular weight is 435 g/mol. The smallest absolute Gasteiger partial charge is 0.243 e. The van der Waals surface area contributed by atoms with Gasteiger partial charge in [0.25, 0.3) is 0 Å². The van der Waals surface area contributed by atoms with Gasteiger partial charge in [0.05, 0.1) is 16.3 Å². The first kappa shape index (κ1) is 21.3. The number of hydrogen-bond donors (Lipinski definition) is 0. The summed E-state index contributed by atoms with van der Waals surface area (Å²) in [6, 6.07) is 5.15. The molecular formula is C21H30N4O4S. The van der Waals surface area contributed by atoms with Gasteiger partial charge >= 0.3 is 0 Å². The summed E-state index contributed by atoms with van der Waals surface area (Å²) < 4.78 is 28.2. The van der Waals surface area contributed by atoms with E-state index in [2.05, 4.69) is 4.90 Å². The van der Waals surface area contributed by atoms with Crippen molar-refractivity contribution in [2.75, 3.05) is 50.1 Å². The normalized spacial score (nSPS) is 22.9. The number of amides is 2. The van der Waals surface area contributed by atoms with Gasteiger partial charge in [0.1, 0.15) is 6.42 Å². The number of rotatable bonds is 3. The number of carbonyl (C=O) groups excluding carboxylic acids is 2. The summed E-state index contributed by atoms with van der Waals surface area (Å²) >= 11 is 0. The number of benzene rings is 1. The van der Waals surface area contributed by atoms with Gasteiger partial charge in [0.2, 0.25) is 21.8 Å². The van der Waals surface area contributed by atoms with Crippen LogP contribution < -0.4 is 9.80 Å². The Balaban J connectivity index is 1.54. The van der Waals surface area contributed by atoms with Crippen LogP contribution in [0.4, 0.5) is 11.4 Å². The number of likely N-dealkylation sites (tertiary alicyclic amines) is 1. The number of piperidine rings is 2. The highest BCUT2D eigenvalue weighted by molar-refractivity contribution is 7.89. The minimum atomic E-state index is -3.66. The average Bonchev–Trinajstić information content (AvgIpc) is 2.85. The first-order valence-electron chi connectivity index (χ1n) is 10.7. The predicted octanol–water partition coefficient (Wildman–Crippen LogP) is 1.65.